The van der Waals surface area contributed by atoms with Crippen LogP contribution in [0.3, 0.4) is 0 Å². The lowest BCUT2D eigenvalue weighted by molar-refractivity contribution is 0.315. The van der Waals surface area contributed by atoms with Crippen LogP contribution in [0.25, 0.3) is 0 Å². The maximum absolute atomic E-state index is 5.61. The Kier molecular flexibility index (Phi) is 5.64. The van der Waals surface area contributed by atoms with Crippen molar-refractivity contribution in [3.63, 3.8) is 0 Å². The zero-order valence-electron chi connectivity index (χ0n) is 7.02. The fraction of sp³-hybridized carbons (Fsp3) is 0.333. The third-order valence-electron chi connectivity index (χ3n) is 1.49. The minimum atomic E-state index is 0.777. The Labute approximate surface area is 109 Å². The van der Waals surface area contributed by atoms with E-state index in [1.807, 2.05) is 12.1 Å². The first kappa shape index (κ1) is 11.8. The molecule has 0 fully saturated rings. The summed E-state index contributed by atoms with van der Waals surface area (Å²) in [5, 5.41) is 0. The normalized spacial score (nSPS) is 10.1. The van der Waals surface area contributed by atoms with Crippen LogP contribution in [0.4, 0.5) is 0 Å². The molecule has 0 amide bonds. The van der Waals surface area contributed by atoms with Gasteiger partial charge in [-0.25, -0.2) is 0 Å². The van der Waals surface area contributed by atoms with Crippen molar-refractivity contribution in [3.8, 4) is 5.75 Å². The maximum atomic E-state index is 5.61. The summed E-state index contributed by atoms with van der Waals surface area (Å²) in [6.45, 7) is 0.777. The third-order valence-corrected chi connectivity index (χ3v) is 4.89. The molecule has 0 saturated heterocycles. The van der Waals surface area contributed by atoms with E-state index < -0.39 is 0 Å². The van der Waals surface area contributed by atoms with Crippen LogP contribution >= 0.6 is 45.2 Å². The van der Waals surface area contributed by atoms with E-state index in [4.69, 9.17) is 4.74 Å². The molecule has 3 radical (unpaired) electrons. The van der Waals surface area contributed by atoms with E-state index in [0.29, 0.717) is 0 Å². The van der Waals surface area contributed by atoms with Crippen LogP contribution in [0.2, 0.25) is 6.04 Å². The number of halogens is 2. The van der Waals surface area contributed by atoms with Crippen LogP contribution in [0.15, 0.2) is 18.2 Å². The predicted octanol–water partition coefficient (Wildman–Crippen LogP) is 3.25. The second kappa shape index (κ2) is 6.23. The first-order chi connectivity index (χ1) is 6.25. The van der Waals surface area contributed by atoms with Gasteiger partial charge in [-0.1, -0.05) is 12.1 Å². The molecular formula is C9H9I2OSi. The molecule has 0 saturated carbocycles. The molecule has 0 heterocycles. The molecule has 0 unspecified atom stereocenters. The Bertz CT molecular complexity index is 278. The third kappa shape index (κ3) is 3.74. The molecule has 1 aromatic rings. The standard InChI is InChI=1S/C9H9I2OSi/c10-7-3-1-4-8(9(7)11)12-5-2-6-13/h1,3-4H,2,5-6H2. The van der Waals surface area contributed by atoms with Gasteiger partial charge in [0.2, 0.25) is 0 Å². The highest BCUT2D eigenvalue weighted by atomic mass is 127. The summed E-state index contributed by atoms with van der Waals surface area (Å²) in [6, 6.07) is 7.10. The Balaban J connectivity index is 2.61. The van der Waals surface area contributed by atoms with Gasteiger partial charge in [0.25, 0.3) is 0 Å². The van der Waals surface area contributed by atoms with Gasteiger partial charge in [-0.2, -0.15) is 0 Å². The zero-order valence-corrected chi connectivity index (χ0v) is 12.3. The first-order valence-electron chi connectivity index (χ1n) is 3.97. The molecular weight excluding hydrogens is 406 g/mol. The van der Waals surface area contributed by atoms with E-state index in [-0.39, 0.29) is 0 Å². The van der Waals surface area contributed by atoms with Crippen molar-refractivity contribution in [1.29, 1.82) is 0 Å². The molecule has 1 aromatic carbocycles. The summed E-state index contributed by atoms with van der Waals surface area (Å²) in [6.07, 6.45) is 1.04. The second-order valence-electron chi connectivity index (χ2n) is 2.50. The van der Waals surface area contributed by atoms with E-state index in [9.17, 15) is 0 Å². The van der Waals surface area contributed by atoms with Crippen LogP contribution in [-0.4, -0.2) is 16.8 Å². The van der Waals surface area contributed by atoms with Crippen molar-refractivity contribution in [2.24, 2.45) is 0 Å². The van der Waals surface area contributed by atoms with Gasteiger partial charge in [-0.3, -0.25) is 0 Å². The van der Waals surface area contributed by atoms with E-state index in [1.54, 1.807) is 0 Å². The lowest BCUT2D eigenvalue weighted by atomic mass is 10.3. The van der Waals surface area contributed by atoms with E-state index in [0.717, 1.165) is 24.8 Å². The largest absolute Gasteiger partial charge is 0.492 e. The molecule has 4 heteroatoms. The van der Waals surface area contributed by atoms with Crippen LogP contribution < -0.4 is 4.74 Å². The summed E-state index contributed by atoms with van der Waals surface area (Å²) >= 11 is 4.63. The Morgan fingerprint density at radius 2 is 2.08 bits per heavy atom. The fourth-order valence-electron chi connectivity index (χ4n) is 0.850. The van der Waals surface area contributed by atoms with E-state index in [1.165, 1.54) is 7.14 Å². The van der Waals surface area contributed by atoms with Crippen molar-refractivity contribution >= 4 is 55.4 Å². The predicted molar refractivity (Wildman–Crippen MR) is 72.5 cm³/mol. The van der Waals surface area contributed by atoms with Crippen LogP contribution in [0.1, 0.15) is 6.42 Å². The quantitative estimate of drug-likeness (QED) is 0.417. The van der Waals surface area contributed by atoms with Crippen LogP contribution in [0.5, 0.6) is 5.75 Å². The van der Waals surface area contributed by atoms with Gasteiger partial charge in [-0.05, 0) is 63.7 Å². The first-order valence-corrected chi connectivity index (χ1v) is 6.83. The van der Waals surface area contributed by atoms with Crippen molar-refractivity contribution in [3.05, 3.63) is 25.3 Å². The van der Waals surface area contributed by atoms with Crippen molar-refractivity contribution in [2.75, 3.05) is 6.61 Å². The lowest BCUT2D eigenvalue weighted by Gasteiger charge is -2.07. The van der Waals surface area contributed by atoms with Gasteiger partial charge < -0.3 is 4.74 Å². The Hall–Kier alpha value is 0.697. The van der Waals surface area contributed by atoms with Gasteiger partial charge in [0.1, 0.15) is 5.75 Å². The monoisotopic (exact) mass is 415 g/mol. The summed E-state index contributed by atoms with van der Waals surface area (Å²) in [7, 11) is 3.42. The summed E-state index contributed by atoms with van der Waals surface area (Å²) in [5.74, 6) is 0.993. The SMILES string of the molecule is [Si]CCCOc1cccc(I)c1I. The topological polar surface area (TPSA) is 9.23 Å². The van der Waals surface area contributed by atoms with Gasteiger partial charge in [0.05, 0.1) is 10.2 Å². The van der Waals surface area contributed by atoms with E-state index >= 15 is 0 Å². The number of rotatable bonds is 4. The molecule has 0 aliphatic rings. The van der Waals surface area contributed by atoms with Gasteiger partial charge >= 0.3 is 0 Å². The fourth-order valence-corrected chi connectivity index (χ4v) is 1.98. The molecule has 0 N–H and O–H groups in total. The highest BCUT2D eigenvalue weighted by Crippen LogP contribution is 2.25. The molecule has 0 aliphatic carbocycles. The van der Waals surface area contributed by atoms with Crippen molar-refractivity contribution in [2.45, 2.75) is 12.5 Å². The average Bonchev–Trinajstić information content (AvgIpc) is 2.13. The molecule has 0 aromatic heterocycles. The Morgan fingerprint density at radius 1 is 1.31 bits per heavy atom. The number of benzene rings is 1. The Morgan fingerprint density at radius 3 is 2.77 bits per heavy atom. The number of hydrogen-bond donors (Lipinski definition) is 0. The average molecular weight is 415 g/mol. The highest BCUT2D eigenvalue weighted by molar-refractivity contribution is 14.1. The number of ether oxygens (including phenoxy) is 1. The van der Waals surface area contributed by atoms with Gasteiger partial charge in [0, 0.05) is 13.8 Å². The number of hydrogen-bond acceptors (Lipinski definition) is 1. The molecule has 69 valence electrons. The van der Waals surface area contributed by atoms with Gasteiger partial charge in [0.15, 0.2) is 0 Å². The van der Waals surface area contributed by atoms with Crippen LogP contribution in [0, 0.1) is 7.14 Å². The molecule has 0 aliphatic heterocycles. The summed E-state index contributed by atoms with van der Waals surface area (Å²) in [5.41, 5.74) is 0. The van der Waals surface area contributed by atoms with Crippen molar-refractivity contribution < 1.29 is 4.74 Å². The molecule has 13 heavy (non-hydrogen) atoms. The molecule has 1 nitrogen and oxygen atoms in total. The van der Waals surface area contributed by atoms with Crippen LogP contribution in [-0.2, 0) is 0 Å². The van der Waals surface area contributed by atoms with E-state index in [2.05, 4.69) is 61.5 Å². The van der Waals surface area contributed by atoms with Gasteiger partial charge in [-0.15, -0.1) is 0 Å². The minimum absolute atomic E-state index is 0.777. The van der Waals surface area contributed by atoms with Crippen molar-refractivity contribution in [1.82, 2.24) is 0 Å². The molecule has 1 rings (SSSR count). The molecule has 0 atom stereocenters. The summed E-state index contributed by atoms with van der Waals surface area (Å²) < 4.78 is 8.06. The smallest absolute Gasteiger partial charge is 0.133 e. The molecule has 0 bridgehead atoms. The zero-order chi connectivity index (χ0) is 9.68. The summed E-state index contributed by atoms with van der Waals surface area (Å²) in [4.78, 5) is 0. The lowest BCUT2D eigenvalue weighted by Crippen LogP contribution is -1.99. The molecule has 0 spiro atoms. The maximum Gasteiger partial charge on any atom is 0.133 e. The minimum Gasteiger partial charge on any atom is -0.492 e. The second-order valence-corrected chi connectivity index (χ2v) is 5.24. The highest BCUT2D eigenvalue weighted by Gasteiger charge is 2.02.